The minimum Gasteiger partial charge on any atom is -0.368 e. The van der Waals surface area contributed by atoms with E-state index in [1.54, 1.807) is 66.8 Å². The topological polar surface area (TPSA) is 12.5 Å². The summed E-state index contributed by atoms with van der Waals surface area (Å²) in [4.78, 5) is 0. The highest BCUT2D eigenvalue weighted by Gasteiger charge is 2.30. The van der Waals surface area contributed by atoms with Crippen LogP contribution in [0.3, 0.4) is 0 Å². The average molecular weight is 378 g/mol. The van der Waals surface area contributed by atoms with Crippen LogP contribution in [0.15, 0.2) is 61.2 Å². The van der Waals surface area contributed by atoms with Gasteiger partial charge in [-0.2, -0.15) is 0 Å². The molecule has 0 saturated carbocycles. The highest BCUT2D eigenvalue weighted by Crippen LogP contribution is 2.35. The average Bonchev–Trinajstić information content (AvgIpc) is 3.55. The van der Waals surface area contributed by atoms with E-state index in [1.165, 1.54) is 6.07 Å². The predicted molar refractivity (Wildman–Crippen MR) is 106 cm³/mol. The van der Waals surface area contributed by atoms with Crippen LogP contribution in [0.5, 0.6) is 0 Å². The van der Waals surface area contributed by atoms with Gasteiger partial charge in [-0.3, -0.25) is 0 Å². The fraction of sp³-hybridized carbons (Fsp3) is 0.0833. The first-order chi connectivity index (χ1) is 13.6. The van der Waals surface area contributed by atoms with Gasteiger partial charge in [0.2, 0.25) is 0 Å². The first kappa shape index (κ1) is 18.3. The summed E-state index contributed by atoms with van der Waals surface area (Å²) in [7, 11) is 0. The zero-order chi connectivity index (χ0) is 19.7. The second-order valence-corrected chi connectivity index (χ2v) is 6.59. The van der Waals surface area contributed by atoms with E-state index in [-0.39, 0.29) is 23.0 Å². The summed E-state index contributed by atoms with van der Waals surface area (Å²) in [5.41, 5.74) is 3.01. The van der Waals surface area contributed by atoms with Gasteiger partial charge in [-0.15, -0.1) is 0 Å². The summed E-state index contributed by atoms with van der Waals surface area (Å²) in [6.45, 7) is 4.04. The molecule has 4 heteroatoms. The molecule has 1 fully saturated rings. The van der Waals surface area contributed by atoms with Crippen LogP contribution in [0.4, 0.5) is 13.2 Å². The van der Waals surface area contributed by atoms with Crippen LogP contribution in [0.1, 0.15) is 28.4 Å². The van der Waals surface area contributed by atoms with Crippen molar-refractivity contribution in [1.29, 1.82) is 0 Å². The van der Waals surface area contributed by atoms with E-state index >= 15 is 0 Å². The van der Waals surface area contributed by atoms with Crippen molar-refractivity contribution in [1.82, 2.24) is 0 Å². The van der Waals surface area contributed by atoms with E-state index in [9.17, 15) is 13.2 Å². The Labute approximate surface area is 161 Å². The van der Waals surface area contributed by atoms with E-state index in [4.69, 9.17) is 4.74 Å². The van der Waals surface area contributed by atoms with Crippen LogP contribution >= 0.6 is 0 Å². The van der Waals surface area contributed by atoms with Crippen LogP contribution in [-0.2, 0) is 4.74 Å². The minimum atomic E-state index is -0.874. The Kier molecular flexibility index (Phi) is 4.88. The Morgan fingerprint density at radius 2 is 1.57 bits per heavy atom. The van der Waals surface area contributed by atoms with E-state index in [0.29, 0.717) is 23.3 Å². The highest BCUT2D eigenvalue weighted by atomic mass is 19.2. The predicted octanol–water partition coefficient (Wildman–Crippen LogP) is 6.66. The molecule has 0 radical (unpaired) electrons. The normalized spacial score (nSPS) is 15.8. The zero-order valence-corrected chi connectivity index (χ0v) is 15.0. The molecule has 1 heterocycles. The molecular weight excluding hydrogens is 361 g/mol. The molecule has 1 unspecified atom stereocenters. The SMILES string of the molecule is C=Cc1ccc(/C=C/c2ccc(-c3ccc(C4CO4)c(F)c3F)cc2)c(F)c1. The molecule has 3 aromatic rings. The van der Waals surface area contributed by atoms with Crippen LogP contribution in [0.2, 0.25) is 0 Å². The molecule has 1 atom stereocenters. The molecule has 140 valence electrons. The van der Waals surface area contributed by atoms with Gasteiger partial charge in [0.25, 0.3) is 0 Å². The molecule has 0 aliphatic carbocycles. The fourth-order valence-corrected chi connectivity index (χ4v) is 3.03. The number of rotatable bonds is 5. The fourth-order valence-electron chi connectivity index (χ4n) is 3.03. The van der Waals surface area contributed by atoms with Gasteiger partial charge in [-0.05, 0) is 22.8 Å². The standard InChI is InChI=1S/C24H17F3O/c1-2-15-3-9-18(21(25)13-15)10-6-16-4-7-17(8-5-16)19-11-12-20(22-14-28-22)24(27)23(19)26/h2-13,22H,1,14H2/b10-6+. The quantitative estimate of drug-likeness (QED) is 0.357. The molecule has 0 spiro atoms. The van der Waals surface area contributed by atoms with E-state index in [2.05, 4.69) is 6.58 Å². The molecule has 3 aromatic carbocycles. The number of epoxide rings is 1. The highest BCUT2D eigenvalue weighted by molar-refractivity contribution is 5.73. The first-order valence-corrected chi connectivity index (χ1v) is 8.87. The summed E-state index contributed by atoms with van der Waals surface area (Å²) in [5.74, 6) is -2.06. The maximum atomic E-state index is 14.4. The molecule has 0 aromatic heterocycles. The molecule has 0 N–H and O–H groups in total. The molecule has 1 saturated heterocycles. The van der Waals surface area contributed by atoms with Gasteiger partial charge in [-0.1, -0.05) is 73.3 Å². The van der Waals surface area contributed by atoms with Crippen molar-refractivity contribution in [2.75, 3.05) is 6.61 Å². The Hall–Kier alpha value is -3.11. The van der Waals surface area contributed by atoms with Crippen LogP contribution < -0.4 is 0 Å². The summed E-state index contributed by atoms with van der Waals surface area (Å²) in [6, 6.07) is 15.0. The van der Waals surface area contributed by atoms with Gasteiger partial charge in [-0.25, -0.2) is 13.2 Å². The third-order valence-electron chi connectivity index (χ3n) is 4.73. The third kappa shape index (κ3) is 3.64. The van der Waals surface area contributed by atoms with Gasteiger partial charge in [0.1, 0.15) is 11.9 Å². The molecule has 4 rings (SSSR count). The number of ether oxygens (including phenoxy) is 1. The lowest BCUT2D eigenvalue weighted by Crippen LogP contribution is -1.96. The van der Waals surface area contributed by atoms with E-state index in [1.807, 2.05) is 0 Å². The molecule has 0 amide bonds. The maximum Gasteiger partial charge on any atom is 0.167 e. The van der Waals surface area contributed by atoms with Crippen LogP contribution in [-0.4, -0.2) is 6.61 Å². The molecule has 28 heavy (non-hydrogen) atoms. The molecule has 1 nitrogen and oxygen atoms in total. The molecule has 1 aliphatic rings. The van der Waals surface area contributed by atoms with Crippen molar-refractivity contribution in [2.45, 2.75) is 6.10 Å². The summed E-state index contributed by atoms with van der Waals surface area (Å²) in [5, 5.41) is 0. The number of halogens is 3. The van der Waals surface area contributed by atoms with Crippen molar-refractivity contribution in [3.05, 3.63) is 101 Å². The Morgan fingerprint density at radius 1 is 0.857 bits per heavy atom. The van der Waals surface area contributed by atoms with Gasteiger partial charge >= 0.3 is 0 Å². The van der Waals surface area contributed by atoms with Crippen molar-refractivity contribution in [3.8, 4) is 11.1 Å². The van der Waals surface area contributed by atoms with Gasteiger partial charge < -0.3 is 4.74 Å². The molecule has 0 bridgehead atoms. The van der Waals surface area contributed by atoms with Crippen molar-refractivity contribution in [3.63, 3.8) is 0 Å². The Balaban J connectivity index is 1.56. The van der Waals surface area contributed by atoms with Gasteiger partial charge in [0.05, 0.1) is 6.61 Å². The summed E-state index contributed by atoms with van der Waals surface area (Å²) in [6.07, 6.45) is 4.68. The van der Waals surface area contributed by atoms with Crippen molar-refractivity contribution < 1.29 is 17.9 Å². The van der Waals surface area contributed by atoms with E-state index in [0.717, 1.165) is 5.56 Å². The minimum absolute atomic E-state index is 0.198. The largest absolute Gasteiger partial charge is 0.368 e. The molecule has 1 aliphatic heterocycles. The Morgan fingerprint density at radius 3 is 2.21 bits per heavy atom. The van der Waals surface area contributed by atoms with Crippen molar-refractivity contribution in [2.24, 2.45) is 0 Å². The summed E-state index contributed by atoms with van der Waals surface area (Å²) >= 11 is 0. The number of benzene rings is 3. The van der Waals surface area contributed by atoms with E-state index < -0.39 is 11.6 Å². The smallest absolute Gasteiger partial charge is 0.167 e. The zero-order valence-electron chi connectivity index (χ0n) is 15.0. The van der Waals surface area contributed by atoms with Gasteiger partial charge in [0, 0.05) is 16.7 Å². The lowest BCUT2D eigenvalue weighted by molar-refractivity contribution is 0.401. The van der Waals surface area contributed by atoms with Crippen LogP contribution in [0, 0.1) is 17.5 Å². The molecular formula is C24H17F3O. The lowest BCUT2D eigenvalue weighted by atomic mass is 10.00. The second kappa shape index (κ2) is 7.49. The number of hydrogen-bond acceptors (Lipinski definition) is 1. The van der Waals surface area contributed by atoms with Crippen LogP contribution in [0.25, 0.3) is 29.4 Å². The lowest BCUT2D eigenvalue weighted by Gasteiger charge is -2.08. The van der Waals surface area contributed by atoms with Gasteiger partial charge in [0.15, 0.2) is 11.6 Å². The second-order valence-electron chi connectivity index (χ2n) is 6.59. The van der Waals surface area contributed by atoms with Crippen molar-refractivity contribution >= 4 is 18.2 Å². The number of hydrogen-bond donors (Lipinski definition) is 0. The summed E-state index contributed by atoms with van der Waals surface area (Å²) < 4.78 is 47.7. The maximum absolute atomic E-state index is 14.4. The third-order valence-corrected chi connectivity index (χ3v) is 4.73. The Bertz CT molecular complexity index is 1060. The first-order valence-electron chi connectivity index (χ1n) is 8.87. The monoisotopic (exact) mass is 378 g/mol.